The van der Waals surface area contributed by atoms with Gasteiger partial charge in [0.1, 0.15) is 5.58 Å². The Morgan fingerprint density at radius 1 is 0.824 bits per heavy atom. The highest BCUT2D eigenvalue weighted by Crippen LogP contribution is 2.33. The number of hydrogen-bond donors (Lipinski definition) is 0. The monoisotopic (exact) mass is 219 g/mol. The van der Waals surface area contributed by atoms with Crippen LogP contribution in [0.15, 0.2) is 59.3 Å². The third-order valence-electron chi connectivity index (χ3n) is 3.17. The van der Waals surface area contributed by atoms with Crippen molar-refractivity contribution < 1.29 is 4.42 Å². The SMILES string of the molecule is c1ccc2c(c1)ccc1c3ccncc3oc21. The van der Waals surface area contributed by atoms with Crippen molar-refractivity contribution in [1.82, 2.24) is 4.98 Å². The van der Waals surface area contributed by atoms with E-state index in [-0.39, 0.29) is 0 Å². The van der Waals surface area contributed by atoms with Crippen LogP contribution in [0.5, 0.6) is 0 Å². The van der Waals surface area contributed by atoms with Crippen LogP contribution in [0.1, 0.15) is 0 Å². The predicted octanol–water partition coefficient (Wildman–Crippen LogP) is 4.13. The zero-order valence-electron chi connectivity index (χ0n) is 9.05. The molecular weight excluding hydrogens is 210 g/mol. The summed E-state index contributed by atoms with van der Waals surface area (Å²) in [4.78, 5) is 4.09. The molecule has 0 bridgehead atoms. The molecule has 0 fully saturated rings. The molecule has 0 spiro atoms. The Morgan fingerprint density at radius 3 is 2.76 bits per heavy atom. The zero-order valence-corrected chi connectivity index (χ0v) is 9.05. The molecule has 4 aromatic rings. The van der Waals surface area contributed by atoms with Gasteiger partial charge in [-0.2, -0.15) is 0 Å². The van der Waals surface area contributed by atoms with Crippen LogP contribution in [0.2, 0.25) is 0 Å². The highest BCUT2D eigenvalue weighted by atomic mass is 16.3. The maximum atomic E-state index is 5.90. The lowest BCUT2D eigenvalue weighted by Gasteiger charge is -1.96. The zero-order chi connectivity index (χ0) is 11.2. The minimum absolute atomic E-state index is 0.846. The van der Waals surface area contributed by atoms with E-state index in [1.165, 1.54) is 5.39 Å². The largest absolute Gasteiger partial charge is 0.454 e. The van der Waals surface area contributed by atoms with E-state index in [4.69, 9.17) is 4.42 Å². The minimum Gasteiger partial charge on any atom is -0.454 e. The van der Waals surface area contributed by atoms with E-state index in [2.05, 4.69) is 29.2 Å². The highest BCUT2D eigenvalue weighted by Gasteiger charge is 2.08. The van der Waals surface area contributed by atoms with E-state index >= 15 is 0 Å². The number of rotatable bonds is 0. The van der Waals surface area contributed by atoms with Gasteiger partial charge in [-0.15, -0.1) is 0 Å². The van der Waals surface area contributed by atoms with Gasteiger partial charge in [-0.3, -0.25) is 4.98 Å². The van der Waals surface area contributed by atoms with E-state index < -0.39 is 0 Å². The number of aromatic nitrogens is 1. The van der Waals surface area contributed by atoms with Crippen LogP contribution in [-0.4, -0.2) is 4.98 Å². The molecule has 2 aromatic carbocycles. The Labute approximate surface area is 97.5 Å². The van der Waals surface area contributed by atoms with Gasteiger partial charge in [0.05, 0.1) is 6.20 Å². The molecule has 0 saturated carbocycles. The lowest BCUT2D eigenvalue weighted by molar-refractivity contribution is 0.670. The fourth-order valence-corrected chi connectivity index (χ4v) is 2.36. The van der Waals surface area contributed by atoms with Crippen molar-refractivity contribution in [2.75, 3.05) is 0 Å². The quantitative estimate of drug-likeness (QED) is 0.444. The first kappa shape index (κ1) is 8.76. The fourth-order valence-electron chi connectivity index (χ4n) is 2.36. The molecule has 0 aliphatic heterocycles. The average Bonchev–Trinajstić information content (AvgIpc) is 2.78. The van der Waals surface area contributed by atoms with Crippen LogP contribution in [0.3, 0.4) is 0 Å². The Bertz CT molecular complexity index is 845. The van der Waals surface area contributed by atoms with E-state index in [1.54, 1.807) is 12.4 Å². The minimum atomic E-state index is 0.846. The normalized spacial score (nSPS) is 11.5. The van der Waals surface area contributed by atoms with Crippen molar-refractivity contribution in [3.8, 4) is 0 Å². The average molecular weight is 219 g/mol. The third-order valence-corrected chi connectivity index (χ3v) is 3.17. The number of furan rings is 1. The van der Waals surface area contributed by atoms with Crippen molar-refractivity contribution in [2.24, 2.45) is 0 Å². The summed E-state index contributed by atoms with van der Waals surface area (Å²) in [6.45, 7) is 0. The molecule has 0 atom stereocenters. The lowest BCUT2D eigenvalue weighted by Crippen LogP contribution is -1.72. The van der Waals surface area contributed by atoms with Gasteiger partial charge in [-0.05, 0) is 17.5 Å². The number of benzene rings is 2. The van der Waals surface area contributed by atoms with Gasteiger partial charge in [-0.1, -0.05) is 30.3 Å². The molecule has 0 saturated heterocycles. The summed E-state index contributed by atoms with van der Waals surface area (Å²) in [6, 6.07) is 14.5. The molecule has 80 valence electrons. The third kappa shape index (κ3) is 1.12. The van der Waals surface area contributed by atoms with Gasteiger partial charge in [0.2, 0.25) is 0 Å². The summed E-state index contributed by atoms with van der Waals surface area (Å²) < 4.78 is 5.90. The van der Waals surface area contributed by atoms with Crippen LogP contribution in [0.25, 0.3) is 32.7 Å². The first-order valence-electron chi connectivity index (χ1n) is 5.57. The molecular formula is C15H9NO. The highest BCUT2D eigenvalue weighted by molar-refractivity contribution is 6.14. The number of fused-ring (bicyclic) bond motifs is 5. The van der Waals surface area contributed by atoms with Gasteiger partial charge in [0, 0.05) is 22.4 Å². The number of hydrogen-bond acceptors (Lipinski definition) is 2. The first-order valence-corrected chi connectivity index (χ1v) is 5.57. The van der Waals surface area contributed by atoms with E-state index in [0.717, 1.165) is 27.3 Å². The van der Waals surface area contributed by atoms with Crippen molar-refractivity contribution in [2.45, 2.75) is 0 Å². The molecule has 2 heteroatoms. The molecule has 0 N–H and O–H groups in total. The number of nitrogens with zero attached hydrogens (tertiary/aromatic N) is 1. The Kier molecular flexibility index (Phi) is 1.59. The Hall–Kier alpha value is -2.35. The van der Waals surface area contributed by atoms with E-state index in [1.807, 2.05) is 18.2 Å². The lowest BCUT2D eigenvalue weighted by atomic mass is 10.1. The summed E-state index contributed by atoms with van der Waals surface area (Å²) in [6.07, 6.45) is 3.57. The van der Waals surface area contributed by atoms with Crippen LogP contribution in [0, 0.1) is 0 Å². The van der Waals surface area contributed by atoms with E-state index in [0.29, 0.717) is 0 Å². The van der Waals surface area contributed by atoms with Crippen molar-refractivity contribution in [3.63, 3.8) is 0 Å². The molecule has 4 rings (SSSR count). The predicted molar refractivity (Wildman–Crippen MR) is 69.0 cm³/mol. The standard InChI is InChI=1S/C15H9NO/c1-2-4-11-10(3-1)5-6-13-12-7-8-16-9-14(12)17-15(11)13/h1-9H. The summed E-state index contributed by atoms with van der Waals surface area (Å²) in [5, 5.41) is 4.63. The fraction of sp³-hybridized carbons (Fsp3) is 0. The van der Waals surface area contributed by atoms with Crippen molar-refractivity contribution in [1.29, 1.82) is 0 Å². The van der Waals surface area contributed by atoms with Crippen LogP contribution in [0.4, 0.5) is 0 Å². The van der Waals surface area contributed by atoms with Gasteiger partial charge < -0.3 is 4.42 Å². The smallest absolute Gasteiger partial charge is 0.153 e. The molecule has 0 aliphatic rings. The molecule has 0 aliphatic carbocycles. The maximum absolute atomic E-state index is 5.90. The molecule has 0 amide bonds. The van der Waals surface area contributed by atoms with E-state index in [9.17, 15) is 0 Å². The second kappa shape index (κ2) is 3.08. The van der Waals surface area contributed by atoms with Crippen molar-refractivity contribution >= 4 is 32.7 Å². The second-order valence-corrected chi connectivity index (χ2v) is 4.14. The molecule has 17 heavy (non-hydrogen) atoms. The maximum Gasteiger partial charge on any atom is 0.153 e. The van der Waals surface area contributed by atoms with Gasteiger partial charge in [-0.25, -0.2) is 0 Å². The van der Waals surface area contributed by atoms with Gasteiger partial charge in [0.25, 0.3) is 0 Å². The summed E-state index contributed by atoms with van der Waals surface area (Å²) in [7, 11) is 0. The molecule has 0 radical (unpaired) electrons. The second-order valence-electron chi connectivity index (χ2n) is 4.14. The molecule has 2 nitrogen and oxygen atoms in total. The Balaban J connectivity index is 2.34. The van der Waals surface area contributed by atoms with Crippen LogP contribution >= 0.6 is 0 Å². The molecule has 2 heterocycles. The van der Waals surface area contributed by atoms with Crippen LogP contribution < -0.4 is 0 Å². The summed E-state index contributed by atoms with van der Waals surface area (Å²) in [5.74, 6) is 0. The van der Waals surface area contributed by atoms with Crippen LogP contribution in [-0.2, 0) is 0 Å². The topological polar surface area (TPSA) is 26.0 Å². The van der Waals surface area contributed by atoms with Gasteiger partial charge >= 0.3 is 0 Å². The molecule has 0 unspecified atom stereocenters. The Morgan fingerprint density at radius 2 is 1.76 bits per heavy atom. The first-order chi connectivity index (χ1) is 8.43. The summed E-state index contributed by atoms with van der Waals surface area (Å²) in [5.41, 5.74) is 1.80. The molecule has 2 aromatic heterocycles. The number of pyridine rings is 1. The summed E-state index contributed by atoms with van der Waals surface area (Å²) >= 11 is 0. The van der Waals surface area contributed by atoms with Gasteiger partial charge in [0.15, 0.2) is 5.58 Å². The van der Waals surface area contributed by atoms with Crippen molar-refractivity contribution in [3.05, 3.63) is 54.9 Å².